The summed E-state index contributed by atoms with van der Waals surface area (Å²) in [4.78, 5) is 11.0. The minimum Gasteiger partial charge on any atom is -0.373 e. The lowest BCUT2D eigenvalue weighted by Gasteiger charge is -2.44. The first-order valence-electron chi connectivity index (χ1n) is 15.6. The Morgan fingerprint density at radius 2 is 0.977 bits per heavy atom. The van der Waals surface area contributed by atoms with Crippen LogP contribution in [0.25, 0.3) is 21.8 Å². The van der Waals surface area contributed by atoms with E-state index >= 15 is 0 Å². The van der Waals surface area contributed by atoms with E-state index in [-0.39, 0.29) is 18.8 Å². The molecule has 238 valence electrons. The quantitative estimate of drug-likeness (QED) is 0.134. The average molecular weight is 627 g/mol. The van der Waals surface area contributed by atoms with Crippen LogP contribution in [0.3, 0.4) is 0 Å². The maximum absolute atomic E-state index is 14.4. The molecular formula is C36H56F2N2OSi2. The van der Waals surface area contributed by atoms with Crippen molar-refractivity contribution in [3.8, 4) is 0 Å². The van der Waals surface area contributed by atoms with E-state index in [9.17, 15) is 13.6 Å². The Morgan fingerprint density at radius 3 is 1.37 bits per heavy atom. The average Bonchev–Trinajstić information content (AvgIpc) is 3.51. The molecule has 2 aromatic carbocycles. The summed E-state index contributed by atoms with van der Waals surface area (Å²) in [7, 11) is -3.69. The number of rotatable bonds is 9. The second-order valence-corrected chi connectivity index (χ2v) is 25.2. The predicted molar refractivity (Wildman–Crippen MR) is 189 cm³/mol. The monoisotopic (exact) mass is 626 g/mol. The van der Waals surface area contributed by atoms with E-state index in [1.54, 1.807) is 12.1 Å². The summed E-state index contributed by atoms with van der Waals surface area (Å²) in [6, 6.07) is 12.7. The smallest absolute Gasteiger partial charge is 0.169 e. The Morgan fingerprint density at radius 1 is 0.581 bits per heavy atom. The minimum absolute atomic E-state index is 0. The molecule has 2 heterocycles. The summed E-state index contributed by atoms with van der Waals surface area (Å²) in [6.07, 6.45) is 4.75. The first-order chi connectivity index (χ1) is 19.6. The highest BCUT2D eigenvalue weighted by Crippen LogP contribution is 2.45. The molecule has 7 heteroatoms. The predicted octanol–water partition coefficient (Wildman–Crippen LogP) is 12.1. The molecule has 0 saturated carbocycles. The number of carbonyl (C=O) groups excluding carboxylic acids is 1. The highest BCUT2D eigenvalue weighted by Gasteiger charge is 2.46. The van der Waals surface area contributed by atoms with Crippen LogP contribution >= 0.6 is 0 Å². The molecule has 0 aliphatic carbocycles. The molecule has 0 fully saturated rings. The normalized spacial score (nSPS) is 12.7. The van der Waals surface area contributed by atoms with E-state index < -0.39 is 22.3 Å². The number of aromatic nitrogens is 2. The van der Waals surface area contributed by atoms with Crippen LogP contribution in [0.15, 0.2) is 54.9 Å². The number of fused-ring (bicyclic) bond motifs is 2. The third kappa shape index (κ3) is 5.96. The zero-order chi connectivity index (χ0) is 31.7. The summed E-state index contributed by atoms with van der Waals surface area (Å²) in [5.74, 6) is -0.508. The largest absolute Gasteiger partial charge is 0.373 e. The van der Waals surface area contributed by atoms with Crippen LogP contribution in [0.5, 0.6) is 0 Å². The van der Waals surface area contributed by atoms with E-state index in [0.29, 0.717) is 44.9 Å². The highest BCUT2D eigenvalue weighted by atomic mass is 28.3. The molecule has 0 radical (unpaired) electrons. The van der Waals surface area contributed by atoms with Gasteiger partial charge in [-0.25, -0.2) is 8.78 Å². The van der Waals surface area contributed by atoms with Gasteiger partial charge in [0.2, 0.25) is 0 Å². The fraction of sp³-hybridized carbons (Fsp3) is 0.528. The van der Waals surface area contributed by atoms with Crippen molar-refractivity contribution in [2.45, 2.75) is 124 Å². The van der Waals surface area contributed by atoms with E-state index in [1.165, 1.54) is 0 Å². The van der Waals surface area contributed by atoms with Crippen molar-refractivity contribution >= 4 is 44.6 Å². The fourth-order valence-corrected chi connectivity index (χ4v) is 22.0. The van der Waals surface area contributed by atoms with Crippen molar-refractivity contribution in [2.75, 3.05) is 0 Å². The van der Waals surface area contributed by atoms with E-state index in [0.717, 1.165) is 16.4 Å². The molecule has 0 aliphatic rings. The van der Waals surface area contributed by atoms with Gasteiger partial charge in [0.05, 0.1) is 5.56 Å². The van der Waals surface area contributed by atoms with Gasteiger partial charge in [0, 0.05) is 21.8 Å². The van der Waals surface area contributed by atoms with Crippen LogP contribution in [0.4, 0.5) is 8.78 Å². The zero-order valence-electron chi connectivity index (χ0n) is 27.8. The number of carbonyl (C=O) groups is 1. The van der Waals surface area contributed by atoms with Crippen molar-refractivity contribution in [2.24, 2.45) is 0 Å². The van der Waals surface area contributed by atoms with Crippen LogP contribution in [0.2, 0.25) is 33.2 Å². The zero-order valence-corrected chi connectivity index (χ0v) is 29.8. The third-order valence-electron chi connectivity index (χ3n) is 10.0. The molecule has 4 aromatic rings. The minimum atomic E-state index is -1.90. The van der Waals surface area contributed by atoms with Gasteiger partial charge < -0.3 is 8.47 Å². The first-order valence-corrected chi connectivity index (χ1v) is 20.0. The number of hydrogen-bond donors (Lipinski definition) is 0. The lowest BCUT2D eigenvalue weighted by molar-refractivity contribution is 0.112. The van der Waals surface area contributed by atoms with Crippen LogP contribution in [-0.4, -0.2) is 31.2 Å². The molecule has 0 N–H and O–H groups in total. The van der Waals surface area contributed by atoms with Crippen molar-refractivity contribution in [3.63, 3.8) is 0 Å². The first kappa shape index (κ1) is 36.7. The van der Waals surface area contributed by atoms with Gasteiger partial charge in [-0.15, -0.1) is 0 Å². The lowest BCUT2D eigenvalue weighted by atomic mass is 10.1. The van der Waals surface area contributed by atoms with Gasteiger partial charge in [0.25, 0.3) is 0 Å². The van der Waals surface area contributed by atoms with Crippen LogP contribution in [-0.2, 0) is 0 Å². The Balaban J connectivity index is 0.000000295. The van der Waals surface area contributed by atoms with Gasteiger partial charge in [0.15, 0.2) is 22.8 Å². The second kappa shape index (κ2) is 14.1. The number of aldehydes is 1. The second-order valence-electron chi connectivity index (χ2n) is 13.8. The summed E-state index contributed by atoms with van der Waals surface area (Å²) >= 11 is 0. The maximum atomic E-state index is 14.4. The Bertz CT molecular complexity index is 1470. The number of benzene rings is 2. The fourth-order valence-electron chi connectivity index (χ4n) is 8.76. The summed E-state index contributed by atoms with van der Waals surface area (Å²) in [5.41, 5.74) is 5.57. The molecule has 0 aliphatic heterocycles. The Labute approximate surface area is 261 Å². The van der Waals surface area contributed by atoms with Gasteiger partial charge in [-0.1, -0.05) is 96.6 Å². The SMILES string of the molecule is C.CC(C)[Si](C(C)C)(C(C)C)n1ccc2c(F)c(C=O)ccc21.CC(C)[Si](C(C)C)(C(C)C)n1ccc2c(F)cccc21. The van der Waals surface area contributed by atoms with Gasteiger partial charge in [-0.05, 0) is 82.0 Å². The van der Waals surface area contributed by atoms with E-state index in [4.69, 9.17) is 0 Å². The molecule has 0 spiro atoms. The van der Waals surface area contributed by atoms with E-state index in [2.05, 4.69) is 104 Å². The highest BCUT2D eigenvalue weighted by molar-refractivity contribution is 6.83. The molecule has 2 aromatic heterocycles. The molecule has 3 nitrogen and oxygen atoms in total. The van der Waals surface area contributed by atoms with Gasteiger partial charge >= 0.3 is 0 Å². The number of nitrogens with zero attached hydrogens (tertiary/aromatic N) is 2. The van der Waals surface area contributed by atoms with Gasteiger partial charge in [-0.3, -0.25) is 4.79 Å². The molecular weight excluding hydrogens is 571 g/mol. The number of halogens is 2. The molecule has 0 atom stereocenters. The molecule has 0 unspecified atom stereocenters. The Kier molecular flexibility index (Phi) is 12.0. The molecule has 0 amide bonds. The van der Waals surface area contributed by atoms with Crippen molar-refractivity contribution in [1.82, 2.24) is 8.47 Å². The maximum Gasteiger partial charge on any atom is 0.169 e. The number of hydrogen-bond acceptors (Lipinski definition) is 1. The molecule has 0 bridgehead atoms. The van der Waals surface area contributed by atoms with E-state index in [1.807, 2.05) is 30.5 Å². The molecule has 43 heavy (non-hydrogen) atoms. The van der Waals surface area contributed by atoms with Crippen molar-refractivity contribution in [1.29, 1.82) is 0 Å². The summed E-state index contributed by atoms with van der Waals surface area (Å²) in [6.45, 7) is 27.7. The molecule has 4 rings (SSSR count). The van der Waals surface area contributed by atoms with Gasteiger partial charge in [-0.2, -0.15) is 0 Å². The van der Waals surface area contributed by atoms with Crippen molar-refractivity contribution in [3.05, 3.63) is 72.1 Å². The van der Waals surface area contributed by atoms with Gasteiger partial charge in [0.1, 0.15) is 11.6 Å². The summed E-state index contributed by atoms with van der Waals surface area (Å²) < 4.78 is 33.2. The van der Waals surface area contributed by atoms with Crippen LogP contribution in [0, 0.1) is 11.6 Å². The molecule has 0 saturated heterocycles. The standard InChI is InChI=1S/C18H26FNOSi.C17H26FNSi.CH4/c1-12(2)22(13(3)4,14(5)6)20-10-9-16-17(20)8-7-15(11-21)18(16)19;1-12(2)20(13(3)4,14(5)6)19-11-10-15-16(18)8-7-9-17(15)19;/h7-14H,1-6H3;7-14H,1-6H3;1H4. The van der Waals surface area contributed by atoms with Crippen LogP contribution < -0.4 is 0 Å². The Hall–Kier alpha value is -2.52. The van der Waals surface area contributed by atoms with Crippen LogP contribution in [0.1, 0.15) is 101 Å². The summed E-state index contributed by atoms with van der Waals surface area (Å²) in [5, 5.41) is 1.31. The third-order valence-corrected chi connectivity index (χ3v) is 23.6. The van der Waals surface area contributed by atoms with Crippen molar-refractivity contribution < 1.29 is 13.6 Å². The lowest BCUT2D eigenvalue weighted by Crippen LogP contribution is -2.51. The topological polar surface area (TPSA) is 26.9 Å².